The maximum Gasteiger partial charge on any atom is 0.128 e. The number of methoxy groups -OCH3 is 1. The van der Waals surface area contributed by atoms with E-state index in [2.05, 4.69) is 17.1 Å². The lowest BCUT2D eigenvalue weighted by Gasteiger charge is -2.08. The first-order valence-electron chi connectivity index (χ1n) is 6.92. The molecular weight excluding hydrogens is 272 g/mol. The molecule has 0 bridgehead atoms. The number of aliphatic imine (C=N–C) groups is 1. The van der Waals surface area contributed by atoms with Crippen molar-refractivity contribution >= 4 is 22.7 Å². The molecule has 0 aliphatic heterocycles. The van der Waals surface area contributed by atoms with Crippen LogP contribution in [0.2, 0.25) is 0 Å². The Labute approximate surface area is 129 Å². The van der Waals surface area contributed by atoms with Gasteiger partial charge in [-0.2, -0.15) is 5.26 Å². The summed E-state index contributed by atoms with van der Waals surface area (Å²) >= 11 is 0. The number of fused-ring (bicyclic) bond motifs is 1. The van der Waals surface area contributed by atoms with Crippen LogP contribution in [0.25, 0.3) is 10.8 Å². The van der Waals surface area contributed by atoms with Crippen LogP contribution in [-0.4, -0.2) is 13.3 Å². The second-order valence-corrected chi connectivity index (χ2v) is 4.79. The van der Waals surface area contributed by atoms with E-state index in [1.54, 1.807) is 19.4 Å². The summed E-state index contributed by atoms with van der Waals surface area (Å²) in [5, 5.41) is 11.3. The van der Waals surface area contributed by atoms with Crippen molar-refractivity contribution in [1.82, 2.24) is 0 Å². The molecule has 0 aromatic heterocycles. The summed E-state index contributed by atoms with van der Waals surface area (Å²) in [4.78, 5) is 4.48. The Morgan fingerprint density at radius 2 is 1.77 bits per heavy atom. The molecule has 3 rings (SSSR count). The number of hydrogen-bond donors (Lipinski definition) is 0. The van der Waals surface area contributed by atoms with Gasteiger partial charge in [0.1, 0.15) is 11.8 Å². The summed E-state index contributed by atoms with van der Waals surface area (Å²) in [5.74, 6) is 0.761. The summed E-state index contributed by atoms with van der Waals surface area (Å²) in [5.41, 5.74) is 2.12. The van der Waals surface area contributed by atoms with Crippen LogP contribution < -0.4 is 4.74 Å². The van der Waals surface area contributed by atoms with Crippen LogP contribution in [0.5, 0.6) is 5.75 Å². The quantitative estimate of drug-likeness (QED) is 0.667. The van der Waals surface area contributed by atoms with Crippen LogP contribution in [0.4, 0.5) is 5.69 Å². The number of benzene rings is 3. The first-order valence-corrected chi connectivity index (χ1v) is 6.92. The van der Waals surface area contributed by atoms with Crippen molar-refractivity contribution in [3.8, 4) is 11.8 Å². The molecule has 3 heteroatoms. The molecule has 0 aliphatic rings. The van der Waals surface area contributed by atoms with Crippen molar-refractivity contribution in [2.45, 2.75) is 0 Å². The second-order valence-electron chi connectivity index (χ2n) is 4.79. The molecule has 0 radical (unpaired) electrons. The predicted molar refractivity (Wildman–Crippen MR) is 88.9 cm³/mol. The van der Waals surface area contributed by atoms with Gasteiger partial charge in [0.05, 0.1) is 18.4 Å². The maximum absolute atomic E-state index is 9.14. The lowest BCUT2D eigenvalue weighted by atomic mass is 10.0. The predicted octanol–water partition coefficient (Wildman–Crippen LogP) is 4.47. The van der Waals surface area contributed by atoms with Gasteiger partial charge in [-0.05, 0) is 29.0 Å². The fraction of sp³-hybridized carbons (Fsp3) is 0.0526. The Morgan fingerprint density at radius 3 is 2.59 bits per heavy atom. The number of rotatable bonds is 3. The van der Waals surface area contributed by atoms with Gasteiger partial charge in [0.15, 0.2) is 0 Å². The minimum Gasteiger partial charge on any atom is -0.496 e. The summed E-state index contributed by atoms with van der Waals surface area (Å²) in [7, 11) is 1.64. The molecule has 0 fully saturated rings. The Kier molecular flexibility index (Phi) is 3.84. The van der Waals surface area contributed by atoms with Gasteiger partial charge in [-0.3, -0.25) is 4.99 Å². The van der Waals surface area contributed by atoms with Gasteiger partial charge in [0.2, 0.25) is 0 Å². The van der Waals surface area contributed by atoms with Crippen LogP contribution in [-0.2, 0) is 0 Å². The molecule has 0 N–H and O–H groups in total. The number of nitriles is 1. The first kappa shape index (κ1) is 13.8. The molecule has 106 valence electrons. The third-order valence-corrected chi connectivity index (χ3v) is 3.51. The van der Waals surface area contributed by atoms with Crippen LogP contribution in [0.1, 0.15) is 11.1 Å². The Morgan fingerprint density at radius 1 is 1.00 bits per heavy atom. The molecule has 0 heterocycles. The molecule has 22 heavy (non-hydrogen) atoms. The van der Waals surface area contributed by atoms with Crippen molar-refractivity contribution in [2.24, 2.45) is 4.99 Å². The fourth-order valence-corrected chi connectivity index (χ4v) is 2.40. The summed E-state index contributed by atoms with van der Waals surface area (Å²) in [6, 6.07) is 21.5. The fourth-order valence-electron chi connectivity index (χ4n) is 2.40. The summed E-state index contributed by atoms with van der Waals surface area (Å²) in [6.45, 7) is 0. The van der Waals surface area contributed by atoms with Gasteiger partial charge < -0.3 is 4.74 Å². The molecule has 0 spiro atoms. The van der Waals surface area contributed by atoms with E-state index >= 15 is 0 Å². The normalized spacial score (nSPS) is 10.7. The first-order chi connectivity index (χ1) is 10.8. The highest BCUT2D eigenvalue weighted by Crippen LogP contribution is 2.27. The molecule has 0 saturated carbocycles. The SMILES string of the molecule is COc1ccc2ccccc2c1C=Nc1ccccc1C#N. The van der Waals surface area contributed by atoms with E-state index in [1.165, 1.54) is 0 Å². The van der Waals surface area contributed by atoms with Crippen molar-refractivity contribution in [3.05, 3.63) is 71.8 Å². The van der Waals surface area contributed by atoms with E-state index in [9.17, 15) is 0 Å². The third kappa shape index (κ3) is 2.55. The molecular formula is C19H14N2O. The zero-order chi connectivity index (χ0) is 15.4. The van der Waals surface area contributed by atoms with Crippen LogP contribution in [0.3, 0.4) is 0 Å². The van der Waals surface area contributed by atoms with Gasteiger partial charge in [0, 0.05) is 11.8 Å². The summed E-state index contributed by atoms with van der Waals surface area (Å²) < 4.78 is 5.44. The van der Waals surface area contributed by atoms with Gasteiger partial charge in [-0.25, -0.2) is 0 Å². The lowest BCUT2D eigenvalue weighted by molar-refractivity contribution is 0.415. The highest BCUT2D eigenvalue weighted by Gasteiger charge is 2.06. The minimum atomic E-state index is 0.554. The van der Waals surface area contributed by atoms with Gasteiger partial charge in [0.25, 0.3) is 0 Å². The van der Waals surface area contributed by atoms with Crippen molar-refractivity contribution in [3.63, 3.8) is 0 Å². The highest BCUT2D eigenvalue weighted by molar-refractivity contribution is 6.03. The molecule has 0 saturated heterocycles. The van der Waals surface area contributed by atoms with E-state index in [0.717, 1.165) is 22.1 Å². The van der Waals surface area contributed by atoms with E-state index < -0.39 is 0 Å². The molecule has 3 nitrogen and oxygen atoms in total. The number of ether oxygens (including phenoxy) is 1. The van der Waals surface area contributed by atoms with Crippen LogP contribution in [0, 0.1) is 11.3 Å². The molecule has 0 atom stereocenters. The molecule has 0 unspecified atom stereocenters. The monoisotopic (exact) mass is 286 g/mol. The summed E-state index contributed by atoms with van der Waals surface area (Å²) in [6.07, 6.45) is 1.76. The van der Waals surface area contributed by atoms with E-state index in [1.807, 2.05) is 48.5 Å². The average Bonchev–Trinajstić information content (AvgIpc) is 2.59. The highest BCUT2D eigenvalue weighted by atomic mass is 16.5. The Balaban J connectivity index is 2.14. The van der Waals surface area contributed by atoms with Crippen molar-refractivity contribution < 1.29 is 4.74 Å². The van der Waals surface area contributed by atoms with Gasteiger partial charge in [-0.1, -0.05) is 42.5 Å². The molecule has 0 aliphatic carbocycles. The molecule has 3 aromatic rings. The number of para-hydroxylation sites is 1. The number of hydrogen-bond acceptors (Lipinski definition) is 3. The van der Waals surface area contributed by atoms with Crippen molar-refractivity contribution in [2.75, 3.05) is 7.11 Å². The average molecular weight is 286 g/mol. The minimum absolute atomic E-state index is 0.554. The van der Waals surface area contributed by atoms with E-state index in [-0.39, 0.29) is 0 Å². The molecule has 0 amide bonds. The molecule has 3 aromatic carbocycles. The van der Waals surface area contributed by atoms with Crippen LogP contribution >= 0.6 is 0 Å². The van der Waals surface area contributed by atoms with Crippen molar-refractivity contribution in [1.29, 1.82) is 5.26 Å². The Hall–Kier alpha value is -3.12. The largest absolute Gasteiger partial charge is 0.496 e. The second kappa shape index (κ2) is 6.11. The number of nitrogens with zero attached hydrogens (tertiary/aromatic N) is 2. The van der Waals surface area contributed by atoms with Crippen LogP contribution in [0.15, 0.2) is 65.7 Å². The third-order valence-electron chi connectivity index (χ3n) is 3.51. The standard InChI is InChI=1S/C19H14N2O/c1-22-19-11-10-14-6-2-4-8-16(14)17(19)13-21-18-9-5-3-7-15(18)12-20/h2-11,13H,1H3. The smallest absolute Gasteiger partial charge is 0.128 e. The topological polar surface area (TPSA) is 45.4 Å². The lowest BCUT2D eigenvalue weighted by Crippen LogP contribution is -1.92. The van der Waals surface area contributed by atoms with E-state index in [0.29, 0.717) is 11.3 Å². The zero-order valence-corrected chi connectivity index (χ0v) is 12.2. The van der Waals surface area contributed by atoms with E-state index in [4.69, 9.17) is 10.00 Å². The van der Waals surface area contributed by atoms with Gasteiger partial charge >= 0.3 is 0 Å². The maximum atomic E-state index is 9.14. The zero-order valence-electron chi connectivity index (χ0n) is 12.2. The Bertz CT molecular complexity index is 891. The van der Waals surface area contributed by atoms with Gasteiger partial charge in [-0.15, -0.1) is 0 Å².